The molecular formula is C28H33ClFN5O9. The summed E-state index contributed by atoms with van der Waals surface area (Å²) < 4.78 is 18.0. The van der Waals surface area contributed by atoms with Crippen LogP contribution in [0.15, 0.2) is 41.1 Å². The van der Waals surface area contributed by atoms with Gasteiger partial charge >= 0.3 is 11.9 Å². The molecule has 1 fully saturated rings. The Balaban J connectivity index is 0.000000456. The van der Waals surface area contributed by atoms with Crippen LogP contribution in [0.2, 0.25) is 5.15 Å². The molecule has 3 heterocycles. The molecular weight excluding hydrogens is 605 g/mol. The minimum absolute atomic E-state index is 0.0137. The third-order valence-corrected chi connectivity index (χ3v) is 7.09. The molecule has 4 rings (SSSR count). The van der Waals surface area contributed by atoms with E-state index < -0.39 is 24.1 Å². The Bertz CT molecular complexity index is 1390. The van der Waals surface area contributed by atoms with Crippen LogP contribution in [-0.4, -0.2) is 96.4 Å². The van der Waals surface area contributed by atoms with Gasteiger partial charge in [-0.3, -0.25) is 9.59 Å². The van der Waals surface area contributed by atoms with Gasteiger partial charge in [0.1, 0.15) is 23.6 Å². The van der Waals surface area contributed by atoms with Gasteiger partial charge in [-0.1, -0.05) is 29.6 Å². The van der Waals surface area contributed by atoms with Crippen LogP contribution in [0, 0.1) is 11.7 Å². The number of nitrogens with zero attached hydrogens (tertiary/aromatic N) is 3. The second-order valence-corrected chi connectivity index (χ2v) is 10.6. The van der Waals surface area contributed by atoms with Crippen LogP contribution in [0.4, 0.5) is 4.39 Å². The number of benzene rings is 1. The number of imidazole rings is 1. The number of amides is 1. The van der Waals surface area contributed by atoms with Gasteiger partial charge in [0.05, 0.1) is 17.7 Å². The fourth-order valence-corrected chi connectivity index (χ4v) is 4.59. The van der Waals surface area contributed by atoms with Crippen molar-refractivity contribution in [3.05, 3.63) is 59.1 Å². The standard InChI is InChI=1S/C24H27ClFN5O3.C4H6O6/c1-31-13-16(14-31)24(33)27-19(5-3-2-4-6-20(32)18-11-12-34-30-18)23-28-21(22(25)29-23)15-7-9-17(26)10-8-15;5-1(3(7)8)2(6)4(9)10/h7-12,16,19H,2-6,13-14H2,1H3,(H,27,33)(H,28,29);1-2,5-6H,(H,7,8)(H,9,10). The lowest BCUT2D eigenvalue weighted by atomic mass is 9.98. The Hall–Kier alpha value is -4.18. The molecule has 16 heteroatoms. The molecule has 44 heavy (non-hydrogen) atoms. The van der Waals surface area contributed by atoms with Gasteiger partial charge < -0.3 is 40.1 Å². The zero-order chi connectivity index (χ0) is 32.4. The maximum atomic E-state index is 13.3. The van der Waals surface area contributed by atoms with E-state index in [9.17, 15) is 23.6 Å². The average Bonchev–Trinajstić information content (AvgIpc) is 3.65. The first-order chi connectivity index (χ1) is 20.9. The molecule has 238 valence electrons. The summed E-state index contributed by atoms with van der Waals surface area (Å²) >= 11 is 6.38. The highest BCUT2D eigenvalue weighted by Gasteiger charge is 2.32. The zero-order valence-electron chi connectivity index (χ0n) is 23.7. The number of likely N-dealkylation sites (tertiary alicyclic amines) is 1. The SMILES string of the molecule is CN1CC(C(=O)NC(CCCCCC(=O)c2ccon2)c2nc(Cl)c(-c3ccc(F)cc3)[nH]2)C1.O=C(O)C(O)C(O)C(=O)O. The molecule has 2 aromatic heterocycles. The first-order valence-corrected chi connectivity index (χ1v) is 14.0. The summed E-state index contributed by atoms with van der Waals surface area (Å²) in [6.07, 6.45) is 0.176. The van der Waals surface area contributed by atoms with Crippen molar-refractivity contribution in [3.8, 4) is 11.3 Å². The molecule has 0 aliphatic carbocycles. The van der Waals surface area contributed by atoms with Crippen molar-refractivity contribution >= 4 is 35.2 Å². The second kappa shape index (κ2) is 16.0. The summed E-state index contributed by atoms with van der Waals surface area (Å²) in [6, 6.07) is 7.18. The molecule has 3 aromatic rings. The Morgan fingerprint density at radius 1 is 1.07 bits per heavy atom. The molecule has 14 nitrogen and oxygen atoms in total. The van der Waals surface area contributed by atoms with Gasteiger partial charge in [0.25, 0.3) is 0 Å². The number of aliphatic hydroxyl groups is 2. The lowest BCUT2D eigenvalue weighted by Gasteiger charge is -2.35. The molecule has 0 bridgehead atoms. The average molecular weight is 638 g/mol. The quantitative estimate of drug-likeness (QED) is 0.111. The molecule has 6 N–H and O–H groups in total. The number of rotatable bonds is 14. The number of carboxylic acid groups (broad SMARTS) is 2. The number of unbranched alkanes of at least 4 members (excludes halogenated alkanes) is 2. The van der Waals surface area contributed by atoms with E-state index in [1.54, 1.807) is 18.2 Å². The number of hydrogen-bond acceptors (Lipinski definition) is 10. The monoisotopic (exact) mass is 637 g/mol. The number of halogens is 2. The Labute approximate surface area is 255 Å². The Kier molecular flexibility index (Phi) is 12.5. The van der Waals surface area contributed by atoms with Crippen LogP contribution in [-0.2, 0) is 14.4 Å². The summed E-state index contributed by atoms with van der Waals surface area (Å²) in [5.74, 6) is -3.42. The van der Waals surface area contributed by atoms with Crippen LogP contribution in [0.5, 0.6) is 0 Å². The van der Waals surface area contributed by atoms with E-state index in [-0.39, 0.29) is 34.6 Å². The Morgan fingerprint density at radius 3 is 2.25 bits per heavy atom. The first-order valence-electron chi connectivity index (χ1n) is 13.6. The van der Waals surface area contributed by atoms with Crippen LogP contribution in [0.3, 0.4) is 0 Å². The Morgan fingerprint density at radius 2 is 1.70 bits per heavy atom. The molecule has 0 saturated carbocycles. The fraction of sp³-hybridized carbons (Fsp3) is 0.429. The molecule has 1 saturated heterocycles. The van der Waals surface area contributed by atoms with Crippen LogP contribution in [0.1, 0.15) is 54.5 Å². The second-order valence-electron chi connectivity index (χ2n) is 10.2. The van der Waals surface area contributed by atoms with Gasteiger partial charge in [0, 0.05) is 31.1 Å². The van der Waals surface area contributed by atoms with Gasteiger partial charge in [-0.05, 0) is 44.2 Å². The van der Waals surface area contributed by atoms with Crippen molar-refractivity contribution in [1.29, 1.82) is 0 Å². The number of carboxylic acids is 2. The van der Waals surface area contributed by atoms with Gasteiger partial charge in [-0.15, -0.1) is 0 Å². The molecule has 1 aromatic carbocycles. The predicted molar refractivity (Wildman–Crippen MR) is 152 cm³/mol. The number of aliphatic hydroxyl groups excluding tert-OH is 2. The largest absolute Gasteiger partial charge is 0.479 e. The summed E-state index contributed by atoms with van der Waals surface area (Å²) in [5.41, 5.74) is 1.63. The van der Waals surface area contributed by atoms with Gasteiger partial charge in [-0.2, -0.15) is 0 Å². The molecule has 0 spiro atoms. The zero-order valence-corrected chi connectivity index (χ0v) is 24.4. The number of ketones is 1. The normalized spacial score (nSPS) is 15.3. The summed E-state index contributed by atoms with van der Waals surface area (Å²) in [7, 11) is 1.98. The third-order valence-electron chi connectivity index (χ3n) is 6.82. The van der Waals surface area contributed by atoms with E-state index >= 15 is 0 Å². The van der Waals surface area contributed by atoms with Crippen molar-refractivity contribution < 1.29 is 48.5 Å². The summed E-state index contributed by atoms with van der Waals surface area (Å²) in [5, 5.41) is 39.6. The molecule has 3 unspecified atom stereocenters. The first kappa shape index (κ1) is 34.3. The number of hydrogen-bond donors (Lipinski definition) is 6. The van der Waals surface area contributed by atoms with Gasteiger partial charge in [0.15, 0.2) is 23.1 Å². The lowest BCUT2D eigenvalue weighted by molar-refractivity contribution is -0.165. The van der Waals surface area contributed by atoms with Crippen molar-refractivity contribution in [2.24, 2.45) is 5.92 Å². The highest BCUT2D eigenvalue weighted by Crippen LogP contribution is 2.29. The number of carbonyl (C=O) groups excluding carboxylic acids is 2. The molecule has 3 atom stereocenters. The van der Waals surface area contributed by atoms with E-state index in [1.165, 1.54) is 18.4 Å². The molecule has 1 aliphatic heterocycles. The minimum atomic E-state index is -2.27. The van der Waals surface area contributed by atoms with Crippen molar-refractivity contribution in [1.82, 2.24) is 25.3 Å². The molecule has 0 radical (unpaired) electrons. The number of carbonyl (C=O) groups is 4. The van der Waals surface area contributed by atoms with Crippen LogP contribution in [0.25, 0.3) is 11.3 Å². The molecule has 1 aliphatic rings. The number of aromatic nitrogens is 3. The highest BCUT2D eigenvalue weighted by atomic mass is 35.5. The van der Waals surface area contributed by atoms with E-state index in [0.29, 0.717) is 42.0 Å². The van der Waals surface area contributed by atoms with Gasteiger partial charge in [0.2, 0.25) is 5.91 Å². The fourth-order valence-electron chi connectivity index (χ4n) is 4.34. The number of H-pyrrole nitrogens is 1. The van der Waals surface area contributed by atoms with Gasteiger partial charge in [-0.25, -0.2) is 19.0 Å². The summed E-state index contributed by atoms with van der Waals surface area (Å²) in [6.45, 7) is 1.45. The number of nitrogens with one attached hydrogen (secondary N) is 2. The molecule has 1 amide bonds. The van der Waals surface area contributed by atoms with E-state index in [1.807, 2.05) is 7.05 Å². The topological polar surface area (TPSA) is 219 Å². The lowest BCUT2D eigenvalue weighted by Crippen LogP contribution is -2.52. The predicted octanol–water partition coefficient (Wildman–Crippen LogP) is 2.29. The van der Waals surface area contributed by atoms with E-state index in [0.717, 1.165) is 25.9 Å². The minimum Gasteiger partial charge on any atom is -0.479 e. The number of aromatic amines is 1. The maximum Gasteiger partial charge on any atom is 0.335 e. The highest BCUT2D eigenvalue weighted by molar-refractivity contribution is 6.31. The third kappa shape index (κ3) is 9.67. The van der Waals surface area contributed by atoms with Crippen molar-refractivity contribution in [2.45, 2.75) is 50.4 Å². The van der Waals surface area contributed by atoms with E-state index in [2.05, 4.69) is 25.3 Å². The number of Topliss-reactive ketones (excluding diaryl/α,β-unsaturated/α-hetero) is 1. The van der Waals surface area contributed by atoms with E-state index in [4.69, 9.17) is 36.6 Å². The van der Waals surface area contributed by atoms with Crippen molar-refractivity contribution in [2.75, 3.05) is 20.1 Å². The van der Waals surface area contributed by atoms with Crippen molar-refractivity contribution in [3.63, 3.8) is 0 Å². The van der Waals surface area contributed by atoms with Crippen LogP contribution >= 0.6 is 11.6 Å². The number of aliphatic carboxylic acids is 2. The maximum absolute atomic E-state index is 13.3. The smallest absolute Gasteiger partial charge is 0.335 e. The summed E-state index contributed by atoms with van der Waals surface area (Å²) in [4.78, 5) is 54.1. The van der Waals surface area contributed by atoms with Crippen LogP contribution < -0.4 is 5.32 Å².